The van der Waals surface area contributed by atoms with Gasteiger partial charge in [-0.1, -0.05) is 6.92 Å². The van der Waals surface area contributed by atoms with Crippen LogP contribution < -0.4 is 4.74 Å². The van der Waals surface area contributed by atoms with Crippen molar-refractivity contribution in [1.82, 2.24) is 4.98 Å². The quantitative estimate of drug-likeness (QED) is 0.452. The summed E-state index contributed by atoms with van der Waals surface area (Å²) in [7, 11) is 0. The second-order valence-electron chi connectivity index (χ2n) is 4.17. The van der Waals surface area contributed by atoms with Gasteiger partial charge >= 0.3 is 0 Å². The largest absolute Gasteiger partial charge is 0.492 e. The molecule has 0 amide bonds. The van der Waals surface area contributed by atoms with Crippen molar-refractivity contribution < 1.29 is 9.66 Å². The number of benzene rings is 1. The van der Waals surface area contributed by atoms with Gasteiger partial charge in [0, 0.05) is 12.1 Å². The molecule has 0 aliphatic heterocycles. The molecule has 2 aromatic rings. The number of non-ortho nitro benzene ring substituents is 1. The lowest BCUT2D eigenvalue weighted by molar-refractivity contribution is -0.384. The van der Waals surface area contributed by atoms with Crippen LogP contribution in [0.3, 0.4) is 0 Å². The molecule has 0 spiro atoms. The number of nitrogens with zero attached hydrogens (tertiary/aromatic N) is 4. The molecule has 0 saturated heterocycles. The first-order valence-electron chi connectivity index (χ1n) is 6.44. The summed E-state index contributed by atoms with van der Waals surface area (Å²) in [4.78, 5) is 14.2. The predicted molar refractivity (Wildman–Crippen MR) is 77.3 cm³/mol. The van der Waals surface area contributed by atoms with Crippen LogP contribution in [0.4, 0.5) is 17.2 Å². The van der Waals surface area contributed by atoms with E-state index in [9.17, 15) is 10.1 Å². The van der Waals surface area contributed by atoms with Gasteiger partial charge in [-0.15, -0.1) is 10.2 Å². The highest BCUT2D eigenvalue weighted by Crippen LogP contribution is 2.21. The van der Waals surface area contributed by atoms with E-state index in [4.69, 9.17) is 4.74 Å². The number of ether oxygens (including phenoxy) is 1. The highest BCUT2D eigenvalue weighted by atomic mass is 16.6. The zero-order valence-electron chi connectivity index (χ0n) is 11.5. The van der Waals surface area contributed by atoms with E-state index in [1.54, 1.807) is 18.3 Å². The number of nitro benzene ring substituents is 1. The summed E-state index contributed by atoms with van der Waals surface area (Å²) in [6.07, 6.45) is 2.52. The van der Waals surface area contributed by atoms with Crippen LogP contribution >= 0.6 is 0 Å². The molecule has 1 aromatic carbocycles. The van der Waals surface area contributed by atoms with E-state index in [0.29, 0.717) is 23.9 Å². The maximum absolute atomic E-state index is 10.5. The molecule has 0 aliphatic carbocycles. The molecule has 0 fully saturated rings. The third-order valence-corrected chi connectivity index (χ3v) is 2.52. The molecule has 0 aliphatic rings. The minimum Gasteiger partial charge on any atom is -0.492 e. The molecule has 0 unspecified atom stereocenters. The monoisotopic (exact) mass is 286 g/mol. The Kier molecular flexibility index (Phi) is 4.92. The molecule has 21 heavy (non-hydrogen) atoms. The van der Waals surface area contributed by atoms with E-state index in [0.717, 1.165) is 6.42 Å². The fourth-order valence-electron chi connectivity index (χ4n) is 1.49. The number of nitro groups is 1. The Morgan fingerprint density at radius 3 is 2.52 bits per heavy atom. The van der Waals surface area contributed by atoms with Crippen LogP contribution in [0.15, 0.2) is 52.8 Å². The van der Waals surface area contributed by atoms with Crippen molar-refractivity contribution in [2.75, 3.05) is 6.61 Å². The van der Waals surface area contributed by atoms with E-state index < -0.39 is 4.92 Å². The summed E-state index contributed by atoms with van der Waals surface area (Å²) < 4.78 is 5.41. The van der Waals surface area contributed by atoms with E-state index >= 15 is 0 Å². The van der Waals surface area contributed by atoms with Crippen molar-refractivity contribution in [1.29, 1.82) is 0 Å². The van der Waals surface area contributed by atoms with E-state index in [2.05, 4.69) is 15.2 Å². The molecule has 0 atom stereocenters. The van der Waals surface area contributed by atoms with Gasteiger partial charge in [0.05, 0.1) is 23.4 Å². The number of pyridine rings is 1. The second kappa shape index (κ2) is 7.09. The lowest BCUT2D eigenvalue weighted by atomic mass is 10.3. The van der Waals surface area contributed by atoms with Crippen molar-refractivity contribution >= 4 is 17.2 Å². The molecular weight excluding hydrogens is 272 g/mol. The minimum absolute atomic E-state index is 0.0181. The second-order valence-corrected chi connectivity index (χ2v) is 4.17. The average Bonchev–Trinajstić information content (AvgIpc) is 2.52. The fraction of sp³-hybridized carbons (Fsp3) is 0.214. The Balaban J connectivity index is 2.01. The Morgan fingerprint density at radius 1 is 1.19 bits per heavy atom. The zero-order chi connectivity index (χ0) is 15.1. The molecule has 108 valence electrons. The fourth-order valence-corrected chi connectivity index (χ4v) is 1.49. The van der Waals surface area contributed by atoms with Crippen molar-refractivity contribution in [3.63, 3.8) is 0 Å². The first-order chi connectivity index (χ1) is 10.2. The highest BCUT2D eigenvalue weighted by Gasteiger charge is 2.03. The number of hydrogen-bond acceptors (Lipinski definition) is 6. The van der Waals surface area contributed by atoms with Gasteiger partial charge in [-0.05, 0) is 30.7 Å². The Bertz CT molecular complexity index is 624. The summed E-state index contributed by atoms with van der Waals surface area (Å²) in [6.45, 7) is 2.67. The van der Waals surface area contributed by atoms with Crippen LogP contribution in [-0.4, -0.2) is 16.5 Å². The molecule has 0 saturated carbocycles. The SMILES string of the molecule is CCCOc1ccc(N=Nc2ccc([N+](=O)[O-])cc2)nc1. The molecule has 7 nitrogen and oxygen atoms in total. The number of hydrogen-bond donors (Lipinski definition) is 0. The molecule has 7 heteroatoms. The summed E-state index contributed by atoms with van der Waals surface area (Å²) in [5.74, 6) is 1.13. The first-order valence-corrected chi connectivity index (χ1v) is 6.44. The van der Waals surface area contributed by atoms with E-state index in [1.165, 1.54) is 24.3 Å². The number of aromatic nitrogens is 1. The van der Waals surface area contributed by atoms with Crippen LogP contribution in [0.1, 0.15) is 13.3 Å². The van der Waals surface area contributed by atoms with Gasteiger partial charge in [0.25, 0.3) is 5.69 Å². The summed E-state index contributed by atoms with van der Waals surface area (Å²) in [5.41, 5.74) is 0.540. The Labute approximate surface area is 121 Å². The molecule has 2 rings (SSSR count). The molecule has 0 bridgehead atoms. The summed E-state index contributed by atoms with van der Waals surface area (Å²) in [6, 6.07) is 9.28. The molecule has 0 N–H and O–H groups in total. The number of azo groups is 1. The van der Waals surface area contributed by atoms with Crippen LogP contribution in [0, 0.1) is 10.1 Å². The Hall–Kier alpha value is -2.83. The van der Waals surface area contributed by atoms with Gasteiger partial charge < -0.3 is 4.74 Å². The zero-order valence-corrected chi connectivity index (χ0v) is 11.5. The van der Waals surface area contributed by atoms with Crippen molar-refractivity contribution in [2.24, 2.45) is 10.2 Å². The van der Waals surface area contributed by atoms with Crippen molar-refractivity contribution in [2.45, 2.75) is 13.3 Å². The smallest absolute Gasteiger partial charge is 0.269 e. The van der Waals surface area contributed by atoms with Crippen molar-refractivity contribution in [3.05, 3.63) is 52.7 Å². The highest BCUT2D eigenvalue weighted by molar-refractivity contribution is 5.44. The lowest BCUT2D eigenvalue weighted by Crippen LogP contribution is -1.94. The normalized spacial score (nSPS) is 10.7. The molecular formula is C14H14N4O3. The third kappa shape index (κ3) is 4.34. The van der Waals surface area contributed by atoms with Gasteiger partial charge in [0.1, 0.15) is 5.75 Å². The standard InChI is InChI=1S/C14H14N4O3/c1-2-9-21-13-7-8-14(15-10-13)17-16-11-3-5-12(6-4-11)18(19)20/h3-8,10H,2,9H2,1H3. The van der Waals surface area contributed by atoms with Gasteiger partial charge in [0.2, 0.25) is 0 Å². The molecule has 0 radical (unpaired) electrons. The van der Waals surface area contributed by atoms with Gasteiger partial charge in [-0.2, -0.15) is 0 Å². The van der Waals surface area contributed by atoms with Crippen molar-refractivity contribution in [3.8, 4) is 5.75 Å². The van der Waals surface area contributed by atoms with Crippen LogP contribution in [0.5, 0.6) is 5.75 Å². The molecule has 1 aromatic heterocycles. The third-order valence-electron chi connectivity index (χ3n) is 2.52. The molecule has 1 heterocycles. The van der Waals surface area contributed by atoms with Crippen LogP contribution in [0.25, 0.3) is 0 Å². The average molecular weight is 286 g/mol. The van der Waals surface area contributed by atoms with Crippen LogP contribution in [0.2, 0.25) is 0 Å². The Morgan fingerprint density at radius 2 is 1.95 bits per heavy atom. The minimum atomic E-state index is -0.461. The lowest BCUT2D eigenvalue weighted by Gasteiger charge is -2.02. The number of rotatable bonds is 6. The van der Waals surface area contributed by atoms with Gasteiger partial charge in [-0.25, -0.2) is 4.98 Å². The first kappa shape index (κ1) is 14.6. The predicted octanol–water partition coefficient (Wildman–Crippen LogP) is 4.19. The van der Waals surface area contributed by atoms with E-state index in [1.807, 2.05) is 6.92 Å². The van der Waals surface area contributed by atoms with E-state index in [-0.39, 0.29) is 5.69 Å². The summed E-state index contributed by atoms with van der Waals surface area (Å²) in [5, 5.41) is 18.5. The summed E-state index contributed by atoms with van der Waals surface area (Å²) >= 11 is 0. The van der Waals surface area contributed by atoms with Gasteiger partial charge in [0.15, 0.2) is 5.82 Å². The topological polar surface area (TPSA) is 90.0 Å². The maximum atomic E-state index is 10.5. The van der Waals surface area contributed by atoms with Gasteiger partial charge in [-0.3, -0.25) is 10.1 Å². The maximum Gasteiger partial charge on any atom is 0.269 e. The van der Waals surface area contributed by atoms with Crippen LogP contribution in [-0.2, 0) is 0 Å².